The second-order valence-corrected chi connectivity index (χ2v) is 4.78. The lowest BCUT2D eigenvalue weighted by Crippen LogP contribution is -2.14. The van der Waals surface area contributed by atoms with E-state index in [2.05, 4.69) is 5.32 Å². The number of aryl methyl sites for hydroxylation is 1. The van der Waals surface area contributed by atoms with Crippen molar-refractivity contribution in [2.45, 2.75) is 13.8 Å². The summed E-state index contributed by atoms with van der Waals surface area (Å²) < 4.78 is 0. The number of hydrogen-bond acceptors (Lipinski definition) is 3. The molecule has 0 saturated heterocycles. The highest BCUT2D eigenvalue weighted by atomic mass is 16.1. The Hall–Kier alpha value is -2.42. The molecule has 0 aromatic heterocycles. The van der Waals surface area contributed by atoms with Crippen LogP contribution in [0.3, 0.4) is 0 Å². The number of ketones is 2. The molecule has 1 N–H and O–H groups in total. The summed E-state index contributed by atoms with van der Waals surface area (Å²) in [7, 11) is 0. The van der Waals surface area contributed by atoms with Gasteiger partial charge in [-0.1, -0.05) is 29.8 Å². The lowest BCUT2D eigenvalue weighted by Gasteiger charge is -2.06. The number of nitrogens with one attached hydrogen (secondary N) is 1. The number of Topliss-reactive ketones (excluding diaryl/α,β-unsaturated/α-hetero) is 2. The predicted molar refractivity (Wildman–Crippen MR) is 80.4 cm³/mol. The molecule has 0 unspecified atom stereocenters. The monoisotopic (exact) mass is 267 g/mol. The summed E-state index contributed by atoms with van der Waals surface area (Å²) in [5, 5.41) is 3.06. The second kappa shape index (κ2) is 6.15. The van der Waals surface area contributed by atoms with E-state index in [0.29, 0.717) is 11.1 Å². The molecule has 102 valence electrons. The van der Waals surface area contributed by atoms with Gasteiger partial charge in [-0.25, -0.2) is 0 Å². The van der Waals surface area contributed by atoms with Gasteiger partial charge in [0.15, 0.2) is 11.6 Å². The van der Waals surface area contributed by atoms with Gasteiger partial charge in [0.05, 0.1) is 6.54 Å². The Morgan fingerprint density at radius 2 is 1.45 bits per heavy atom. The van der Waals surface area contributed by atoms with Crippen LogP contribution in [0.25, 0.3) is 0 Å². The minimum atomic E-state index is 0.0345. The van der Waals surface area contributed by atoms with E-state index >= 15 is 0 Å². The fraction of sp³-hybridized carbons (Fsp3) is 0.176. The first kappa shape index (κ1) is 14.0. The van der Waals surface area contributed by atoms with Crippen LogP contribution in [-0.4, -0.2) is 18.1 Å². The molecule has 0 aliphatic heterocycles. The highest BCUT2D eigenvalue weighted by Gasteiger charge is 2.05. The number of carbonyl (C=O) groups excluding carboxylic acids is 2. The SMILES string of the molecule is CC(=O)c1ccc(NCC(=O)c2ccc(C)cc2)cc1. The highest BCUT2D eigenvalue weighted by Crippen LogP contribution is 2.11. The van der Waals surface area contributed by atoms with Crippen LogP contribution in [0.1, 0.15) is 33.2 Å². The van der Waals surface area contributed by atoms with Crippen LogP contribution < -0.4 is 5.32 Å². The molecule has 0 amide bonds. The van der Waals surface area contributed by atoms with E-state index in [9.17, 15) is 9.59 Å². The lowest BCUT2D eigenvalue weighted by molar-refractivity contribution is 0.100. The van der Waals surface area contributed by atoms with E-state index in [4.69, 9.17) is 0 Å². The summed E-state index contributed by atoms with van der Waals surface area (Å²) in [6.45, 7) is 3.76. The number of carbonyl (C=O) groups is 2. The summed E-state index contributed by atoms with van der Waals surface area (Å²) >= 11 is 0. The maximum atomic E-state index is 12.0. The van der Waals surface area contributed by atoms with E-state index in [1.807, 2.05) is 31.2 Å². The average molecular weight is 267 g/mol. The van der Waals surface area contributed by atoms with Crippen LogP contribution in [0.15, 0.2) is 48.5 Å². The van der Waals surface area contributed by atoms with Crippen molar-refractivity contribution < 1.29 is 9.59 Å². The molecule has 0 spiro atoms. The quantitative estimate of drug-likeness (QED) is 0.843. The molecule has 2 aromatic carbocycles. The van der Waals surface area contributed by atoms with Crippen LogP contribution in [0.4, 0.5) is 5.69 Å². The fourth-order valence-electron chi connectivity index (χ4n) is 1.85. The molecule has 3 nitrogen and oxygen atoms in total. The van der Waals surface area contributed by atoms with E-state index in [0.717, 1.165) is 11.3 Å². The smallest absolute Gasteiger partial charge is 0.181 e. The number of rotatable bonds is 5. The zero-order valence-corrected chi connectivity index (χ0v) is 11.6. The Morgan fingerprint density at radius 1 is 0.900 bits per heavy atom. The van der Waals surface area contributed by atoms with Gasteiger partial charge in [0.2, 0.25) is 0 Å². The third-order valence-electron chi connectivity index (χ3n) is 3.12. The van der Waals surface area contributed by atoms with E-state index in [1.54, 1.807) is 24.3 Å². The Kier molecular flexibility index (Phi) is 4.31. The van der Waals surface area contributed by atoms with Crippen molar-refractivity contribution in [1.82, 2.24) is 0 Å². The topological polar surface area (TPSA) is 46.2 Å². The first-order chi connectivity index (χ1) is 9.56. The van der Waals surface area contributed by atoms with Gasteiger partial charge >= 0.3 is 0 Å². The molecule has 20 heavy (non-hydrogen) atoms. The van der Waals surface area contributed by atoms with Crippen molar-refractivity contribution in [3.05, 3.63) is 65.2 Å². The first-order valence-corrected chi connectivity index (χ1v) is 6.51. The molecule has 0 bridgehead atoms. The van der Waals surface area contributed by atoms with Crippen molar-refractivity contribution in [3.63, 3.8) is 0 Å². The Bertz CT molecular complexity index is 612. The Balaban J connectivity index is 1.96. The molecule has 0 aliphatic carbocycles. The standard InChI is InChI=1S/C17H17NO2/c1-12-3-5-15(6-4-12)17(20)11-18-16-9-7-14(8-10-16)13(2)19/h3-10,18H,11H2,1-2H3. The highest BCUT2D eigenvalue weighted by molar-refractivity contribution is 5.99. The molecular formula is C17H17NO2. The summed E-state index contributed by atoms with van der Waals surface area (Å²) in [5.41, 5.74) is 3.33. The molecule has 2 rings (SSSR count). The molecule has 0 heterocycles. The van der Waals surface area contributed by atoms with Crippen LogP contribution in [0.5, 0.6) is 0 Å². The normalized spacial score (nSPS) is 10.1. The number of anilines is 1. The van der Waals surface area contributed by atoms with Gasteiger partial charge in [0.25, 0.3) is 0 Å². The van der Waals surface area contributed by atoms with Crippen molar-refractivity contribution in [2.75, 3.05) is 11.9 Å². The Morgan fingerprint density at radius 3 is 2.00 bits per heavy atom. The van der Waals surface area contributed by atoms with E-state index < -0.39 is 0 Å². The van der Waals surface area contributed by atoms with Gasteiger partial charge < -0.3 is 5.32 Å². The largest absolute Gasteiger partial charge is 0.378 e. The van der Waals surface area contributed by atoms with Gasteiger partial charge in [-0.3, -0.25) is 9.59 Å². The molecular weight excluding hydrogens is 250 g/mol. The van der Waals surface area contributed by atoms with Crippen LogP contribution in [-0.2, 0) is 0 Å². The van der Waals surface area contributed by atoms with Gasteiger partial charge in [-0.2, -0.15) is 0 Å². The van der Waals surface area contributed by atoms with Crippen LogP contribution in [0, 0.1) is 6.92 Å². The summed E-state index contributed by atoms with van der Waals surface area (Å²) in [4.78, 5) is 23.1. The van der Waals surface area contributed by atoms with Crippen LogP contribution in [0.2, 0.25) is 0 Å². The maximum absolute atomic E-state index is 12.0. The molecule has 0 atom stereocenters. The van der Waals surface area contributed by atoms with Gasteiger partial charge in [-0.05, 0) is 38.1 Å². The van der Waals surface area contributed by atoms with Crippen molar-refractivity contribution in [3.8, 4) is 0 Å². The van der Waals surface area contributed by atoms with Crippen LogP contribution >= 0.6 is 0 Å². The van der Waals surface area contributed by atoms with Crippen molar-refractivity contribution >= 4 is 17.3 Å². The molecule has 0 saturated carbocycles. The molecule has 3 heteroatoms. The summed E-state index contributed by atoms with van der Waals surface area (Å²) in [6.07, 6.45) is 0. The lowest BCUT2D eigenvalue weighted by atomic mass is 10.1. The molecule has 0 radical (unpaired) electrons. The van der Waals surface area contributed by atoms with Crippen molar-refractivity contribution in [1.29, 1.82) is 0 Å². The van der Waals surface area contributed by atoms with Crippen molar-refractivity contribution in [2.24, 2.45) is 0 Å². The zero-order chi connectivity index (χ0) is 14.5. The third-order valence-corrected chi connectivity index (χ3v) is 3.12. The first-order valence-electron chi connectivity index (χ1n) is 6.51. The maximum Gasteiger partial charge on any atom is 0.181 e. The second-order valence-electron chi connectivity index (χ2n) is 4.78. The average Bonchev–Trinajstić information content (AvgIpc) is 2.46. The van der Waals surface area contributed by atoms with Gasteiger partial charge in [0.1, 0.15) is 0 Å². The molecule has 2 aromatic rings. The Labute approximate surface area is 118 Å². The predicted octanol–water partition coefficient (Wildman–Crippen LogP) is 3.49. The zero-order valence-electron chi connectivity index (χ0n) is 11.6. The molecule has 0 aliphatic rings. The number of benzene rings is 2. The summed E-state index contributed by atoms with van der Waals surface area (Å²) in [6, 6.07) is 14.6. The minimum Gasteiger partial charge on any atom is -0.378 e. The third kappa shape index (κ3) is 3.54. The van der Waals surface area contributed by atoms with Gasteiger partial charge in [-0.15, -0.1) is 0 Å². The van der Waals surface area contributed by atoms with Gasteiger partial charge in [0, 0.05) is 16.8 Å². The fourth-order valence-corrected chi connectivity index (χ4v) is 1.85. The summed E-state index contributed by atoms with van der Waals surface area (Å²) in [5.74, 6) is 0.0768. The minimum absolute atomic E-state index is 0.0345. The van der Waals surface area contributed by atoms with E-state index in [1.165, 1.54) is 6.92 Å². The molecule has 0 fully saturated rings. The number of hydrogen-bond donors (Lipinski definition) is 1. The van der Waals surface area contributed by atoms with E-state index in [-0.39, 0.29) is 18.1 Å².